The van der Waals surface area contributed by atoms with Gasteiger partial charge in [0, 0.05) is 0 Å². The molecule has 0 heterocycles. The molecular weight excluding hydrogens is 516 g/mol. The number of benzene rings is 4. The second-order valence-corrected chi connectivity index (χ2v) is 26.5. The first-order chi connectivity index (χ1) is 17.5. The molecule has 0 bridgehead atoms. The van der Waals surface area contributed by atoms with Gasteiger partial charge >= 0.3 is 216 Å². The Hall–Kier alpha value is -3.09. The topological polar surface area (TPSA) is 9.23 Å². The SMILES string of the molecule is COc1ccc2c([c]1[Zr]([CH3])([CH3])([C]1=CC=CC1)=[C](c1ccccc1)c1ccccc1)Cc1ccccc1-2. The second kappa shape index (κ2) is 8.79. The Labute approximate surface area is 215 Å². The Kier molecular flexibility index (Phi) is 5.69. The molecule has 0 saturated heterocycles. The van der Waals surface area contributed by atoms with Crippen LogP contribution in [0.2, 0.25) is 9.26 Å². The number of ether oxygens (including phenoxy) is 1. The summed E-state index contributed by atoms with van der Waals surface area (Å²) in [7, 11) is 1.84. The Balaban J connectivity index is 1.84. The quantitative estimate of drug-likeness (QED) is 0.218. The van der Waals surface area contributed by atoms with Gasteiger partial charge in [-0.25, -0.2) is 0 Å². The molecule has 0 amide bonds. The molecule has 2 aliphatic rings. The van der Waals surface area contributed by atoms with Crippen molar-refractivity contribution < 1.29 is 23.0 Å². The summed E-state index contributed by atoms with van der Waals surface area (Å²) in [6, 6.07) is 35.6. The zero-order valence-electron chi connectivity index (χ0n) is 21.3. The van der Waals surface area contributed by atoms with Crippen molar-refractivity contribution in [1.82, 2.24) is 0 Å². The van der Waals surface area contributed by atoms with Gasteiger partial charge in [0.05, 0.1) is 0 Å². The van der Waals surface area contributed by atoms with Crippen molar-refractivity contribution in [2.45, 2.75) is 22.1 Å². The molecule has 4 aromatic rings. The van der Waals surface area contributed by atoms with Gasteiger partial charge in [0.2, 0.25) is 0 Å². The maximum atomic E-state index is 6.25. The first-order valence-corrected chi connectivity index (χ1v) is 21.4. The molecular formula is C34H32OZr. The fraction of sp³-hybridized carbons (Fsp3) is 0.147. The number of rotatable bonds is 5. The van der Waals surface area contributed by atoms with E-state index >= 15 is 0 Å². The zero-order valence-corrected chi connectivity index (χ0v) is 23.8. The molecule has 0 N–H and O–H groups in total. The van der Waals surface area contributed by atoms with E-state index in [2.05, 4.69) is 125 Å². The predicted molar refractivity (Wildman–Crippen MR) is 151 cm³/mol. The van der Waals surface area contributed by atoms with Gasteiger partial charge in [0.15, 0.2) is 0 Å². The summed E-state index contributed by atoms with van der Waals surface area (Å²) < 4.78 is 16.1. The third-order valence-electron chi connectivity index (χ3n) is 8.53. The molecule has 2 aliphatic carbocycles. The first kappa shape index (κ1) is 23.3. The van der Waals surface area contributed by atoms with Crippen LogP contribution in [0.3, 0.4) is 0 Å². The molecule has 4 aromatic carbocycles. The van der Waals surface area contributed by atoms with Crippen molar-refractivity contribution in [2.75, 3.05) is 7.11 Å². The zero-order chi connectivity index (χ0) is 24.8. The first-order valence-electron chi connectivity index (χ1n) is 12.8. The van der Waals surface area contributed by atoms with Gasteiger partial charge in [-0.05, 0) is 0 Å². The van der Waals surface area contributed by atoms with Crippen molar-refractivity contribution in [3.8, 4) is 16.9 Å². The number of hydrogen-bond acceptors (Lipinski definition) is 1. The average Bonchev–Trinajstić information content (AvgIpc) is 3.59. The molecule has 0 unspecified atom stereocenters. The molecule has 0 atom stereocenters. The van der Waals surface area contributed by atoms with Crippen LogP contribution in [0.25, 0.3) is 11.1 Å². The maximum absolute atomic E-state index is 6.25. The van der Waals surface area contributed by atoms with E-state index in [1.165, 1.54) is 39.9 Å². The van der Waals surface area contributed by atoms with Crippen LogP contribution in [0.4, 0.5) is 0 Å². The Morgan fingerprint density at radius 2 is 1.36 bits per heavy atom. The van der Waals surface area contributed by atoms with E-state index in [1.54, 1.807) is 3.28 Å². The molecule has 0 saturated carbocycles. The third-order valence-corrected chi connectivity index (χ3v) is 24.3. The molecule has 1 nitrogen and oxygen atoms in total. The summed E-state index contributed by atoms with van der Waals surface area (Å²) in [4.78, 5) is 0. The fourth-order valence-corrected chi connectivity index (χ4v) is 22.5. The molecule has 0 aliphatic heterocycles. The van der Waals surface area contributed by atoms with Crippen LogP contribution in [0, 0.1) is 0 Å². The number of hydrogen-bond donors (Lipinski definition) is 0. The second-order valence-electron chi connectivity index (χ2n) is 10.8. The van der Waals surface area contributed by atoms with E-state index < -0.39 is 18.3 Å². The Bertz CT molecular complexity index is 1560. The normalized spacial score (nSPS) is 14.3. The third kappa shape index (κ3) is 3.42. The standard InChI is InChI=1S/C14H11O.C13H10.C5H5.2CH3.Zr/c1-15-12-6-7-14-11(9-12)8-10-4-2-3-5-13(10)14;1-3-7-12(8-4-1)11-13-9-5-2-6-10-13;1-2-4-5-3-1;;;/h2-7H,8H2,1H3;1-10H;1-3H,4H2;2*1H3;. The summed E-state index contributed by atoms with van der Waals surface area (Å²) in [6.07, 6.45) is 8.96. The number of allylic oxidation sites excluding steroid dienone is 4. The fourth-order valence-electron chi connectivity index (χ4n) is 6.87. The molecule has 0 radical (unpaired) electrons. The summed E-state index contributed by atoms with van der Waals surface area (Å²) in [5.41, 5.74) is 8.26. The van der Waals surface area contributed by atoms with Crippen molar-refractivity contribution in [3.05, 3.63) is 141 Å². The van der Waals surface area contributed by atoms with Crippen LogP contribution in [0.15, 0.2) is 119 Å². The Morgan fingerprint density at radius 1 is 0.722 bits per heavy atom. The molecule has 178 valence electrons. The predicted octanol–water partition coefficient (Wildman–Crippen LogP) is 7.79. The molecule has 0 aromatic heterocycles. The van der Waals surface area contributed by atoms with Crippen LogP contribution >= 0.6 is 0 Å². The summed E-state index contributed by atoms with van der Waals surface area (Å²) in [5, 5.41) is 0. The molecule has 36 heavy (non-hydrogen) atoms. The van der Waals surface area contributed by atoms with Crippen LogP contribution < -0.4 is 8.01 Å². The van der Waals surface area contributed by atoms with E-state index in [9.17, 15) is 0 Å². The monoisotopic (exact) mass is 546 g/mol. The minimum absolute atomic E-state index is 0.959. The van der Waals surface area contributed by atoms with E-state index in [-0.39, 0.29) is 0 Å². The summed E-state index contributed by atoms with van der Waals surface area (Å²) in [6.45, 7) is 0. The van der Waals surface area contributed by atoms with E-state index in [0.717, 1.165) is 18.6 Å². The molecule has 0 fully saturated rings. The van der Waals surface area contributed by atoms with Gasteiger partial charge in [-0.1, -0.05) is 0 Å². The van der Waals surface area contributed by atoms with Crippen molar-refractivity contribution in [2.24, 2.45) is 0 Å². The van der Waals surface area contributed by atoms with Crippen molar-refractivity contribution >= 4 is 6.48 Å². The van der Waals surface area contributed by atoms with Gasteiger partial charge in [-0.15, -0.1) is 0 Å². The van der Waals surface area contributed by atoms with Crippen LogP contribution in [-0.4, -0.2) is 10.3 Å². The van der Waals surface area contributed by atoms with Crippen molar-refractivity contribution in [3.63, 3.8) is 0 Å². The van der Waals surface area contributed by atoms with Crippen LogP contribution in [0.5, 0.6) is 5.75 Å². The van der Waals surface area contributed by atoms with Gasteiger partial charge in [-0.3, -0.25) is 0 Å². The van der Waals surface area contributed by atoms with Gasteiger partial charge in [-0.2, -0.15) is 0 Å². The summed E-state index contributed by atoms with van der Waals surface area (Å²) in [5.74, 6) is 1.04. The van der Waals surface area contributed by atoms with E-state index in [0.29, 0.717) is 0 Å². The number of methoxy groups -OCH3 is 1. The van der Waals surface area contributed by atoms with Gasteiger partial charge in [0.25, 0.3) is 0 Å². The van der Waals surface area contributed by atoms with Gasteiger partial charge in [0.1, 0.15) is 0 Å². The molecule has 2 heteroatoms. The minimum atomic E-state index is -4.27. The molecule has 6 rings (SSSR count). The molecule has 0 spiro atoms. The van der Waals surface area contributed by atoms with E-state index in [4.69, 9.17) is 4.74 Å². The Morgan fingerprint density at radius 3 is 1.97 bits per heavy atom. The van der Waals surface area contributed by atoms with Gasteiger partial charge < -0.3 is 0 Å². The number of fused-ring (bicyclic) bond motifs is 3. The van der Waals surface area contributed by atoms with Crippen LogP contribution in [0.1, 0.15) is 28.7 Å². The van der Waals surface area contributed by atoms with E-state index in [1.807, 2.05) is 7.11 Å². The van der Waals surface area contributed by atoms with Crippen molar-refractivity contribution in [1.29, 1.82) is 0 Å². The van der Waals surface area contributed by atoms with Crippen LogP contribution in [-0.2, 0) is 24.7 Å². The summed E-state index contributed by atoms with van der Waals surface area (Å²) >= 11 is -4.27. The average molecular weight is 548 g/mol.